The van der Waals surface area contributed by atoms with Crippen molar-refractivity contribution in [3.63, 3.8) is 0 Å². The van der Waals surface area contributed by atoms with Crippen LogP contribution in [0.25, 0.3) is 0 Å². The number of nitrogens with one attached hydrogen (secondary N) is 2. The molecule has 2 aromatic carbocycles. The number of carboxylic acid groups (broad SMARTS) is 1. The number of alkyl halides is 3. The molecule has 2 heterocycles. The van der Waals surface area contributed by atoms with Crippen molar-refractivity contribution in [2.45, 2.75) is 55.9 Å². The Morgan fingerprint density at radius 3 is 2.33 bits per heavy atom. The minimum absolute atomic E-state index is 0.00802. The van der Waals surface area contributed by atoms with E-state index in [9.17, 15) is 18.0 Å². The quantitative estimate of drug-likeness (QED) is 0.323. The molecule has 2 amide bonds. The molecule has 1 aliphatic carbocycles. The SMILES string of the molecule is COc1ccc([C@@]23CC[C@@H](NC(=O)Nc4ccncc4)C[C@@H]2N(Cc2ccccc2)CC3)cc1OC.O=C(O)C(F)(F)F. The fourth-order valence-corrected chi connectivity index (χ4v) is 6.05. The van der Waals surface area contributed by atoms with E-state index < -0.39 is 12.1 Å². The molecule has 43 heavy (non-hydrogen) atoms. The molecule has 12 heteroatoms. The third-order valence-electron chi connectivity index (χ3n) is 8.07. The number of aromatic nitrogens is 1. The Bertz CT molecular complexity index is 1380. The lowest BCUT2D eigenvalue weighted by molar-refractivity contribution is -0.192. The first-order valence-electron chi connectivity index (χ1n) is 13.8. The molecule has 1 saturated heterocycles. The van der Waals surface area contributed by atoms with Crippen LogP contribution >= 0.6 is 0 Å². The van der Waals surface area contributed by atoms with E-state index in [0.717, 1.165) is 56.0 Å². The number of pyridine rings is 1. The third kappa shape index (κ3) is 7.75. The van der Waals surface area contributed by atoms with Crippen molar-refractivity contribution < 1.29 is 37.3 Å². The highest BCUT2D eigenvalue weighted by atomic mass is 19.4. The van der Waals surface area contributed by atoms with Gasteiger partial charge in [-0.1, -0.05) is 36.4 Å². The van der Waals surface area contributed by atoms with Gasteiger partial charge in [0, 0.05) is 42.1 Å². The molecule has 5 rings (SSSR count). The second-order valence-electron chi connectivity index (χ2n) is 10.6. The minimum Gasteiger partial charge on any atom is -0.493 e. The van der Waals surface area contributed by atoms with E-state index in [1.165, 1.54) is 11.1 Å². The zero-order valence-corrected chi connectivity index (χ0v) is 23.9. The van der Waals surface area contributed by atoms with Crippen molar-refractivity contribution in [1.29, 1.82) is 0 Å². The highest BCUT2D eigenvalue weighted by molar-refractivity contribution is 5.89. The Labute approximate surface area is 248 Å². The van der Waals surface area contributed by atoms with Gasteiger partial charge in [0.25, 0.3) is 0 Å². The van der Waals surface area contributed by atoms with Crippen LogP contribution in [0.5, 0.6) is 11.5 Å². The number of likely N-dealkylation sites (tertiary alicyclic amines) is 1. The maximum Gasteiger partial charge on any atom is 0.490 e. The van der Waals surface area contributed by atoms with Crippen molar-refractivity contribution in [3.8, 4) is 11.5 Å². The maximum atomic E-state index is 12.8. The van der Waals surface area contributed by atoms with Crippen LogP contribution in [0.15, 0.2) is 73.1 Å². The topological polar surface area (TPSA) is 113 Å². The number of carboxylic acids is 1. The van der Waals surface area contributed by atoms with Gasteiger partial charge in [-0.3, -0.25) is 9.88 Å². The normalized spacial score (nSPS) is 21.5. The van der Waals surface area contributed by atoms with E-state index in [1.54, 1.807) is 38.7 Å². The van der Waals surface area contributed by atoms with E-state index in [1.807, 2.05) is 6.07 Å². The van der Waals surface area contributed by atoms with Crippen molar-refractivity contribution in [2.75, 3.05) is 26.1 Å². The van der Waals surface area contributed by atoms with Crippen molar-refractivity contribution in [1.82, 2.24) is 15.2 Å². The lowest BCUT2D eigenvalue weighted by Gasteiger charge is -2.45. The summed E-state index contributed by atoms with van der Waals surface area (Å²) in [5.74, 6) is -1.24. The molecule has 0 unspecified atom stereocenters. The largest absolute Gasteiger partial charge is 0.493 e. The van der Waals surface area contributed by atoms with Crippen LogP contribution in [0.1, 0.15) is 36.8 Å². The van der Waals surface area contributed by atoms with Gasteiger partial charge in [-0.05, 0) is 67.6 Å². The average Bonchev–Trinajstić information content (AvgIpc) is 3.36. The molecule has 230 valence electrons. The number of ether oxygens (including phenoxy) is 2. The van der Waals surface area contributed by atoms with Gasteiger partial charge < -0.3 is 25.2 Å². The molecule has 2 fully saturated rings. The molecule has 2 aliphatic rings. The van der Waals surface area contributed by atoms with Crippen LogP contribution in [0, 0.1) is 0 Å². The number of nitrogens with zero attached hydrogens (tertiary/aromatic N) is 2. The van der Waals surface area contributed by atoms with Gasteiger partial charge >= 0.3 is 18.2 Å². The Kier molecular flexibility index (Phi) is 10.1. The number of amides is 2. The number of carbonyl (C=O) groups is 2. The van der Waals surface area contributed by atoms with E-state index in [0.29, 0.717) is 6.04 Å². The van der Waals surface area contributed by atoms with Gasteiger partial charge in [0.15, 0.2) is 11.5 Å². The smallest absolute Gasteiger partial charge is 0.490 e. The third-order valence-corrected chi connectivity index (χ3v) is 8.07. The summed E-state index contributed by atoms with van der Waals surface area (Å²) >= 11 is 0. The second kappa shape index (κ2) is 13.8. The van der Waals surface area contributed by atoms with Crippen LogP contribution < -0.4 is 20.1 Å². The van der Waals surface area contributed by atoms with Gasteiger partial charge in [0.2, 0.25) is 0 Å². The first-order valence-corrected chi connectivity index (χ1v) is 13.8. The van der Waals surface area contributed by atoms with E-state index >= 15 is 0 Å². The van der Waals surface area contributed by atoms with Crippen LogP contribution in [-0.4, -0.2) is 66.0 Å². The number of urea groups is 1. The van der Waals surface area contributed by atoms with Crippen molar-refractivity contribution in [2.24, 2.45) is 0 Å². The molecule has 1 aromatic heterocycles. The number of fused-ring (bicyclic) bond motifs is 1. The fourth-order valence-electron chi connectivity index (χ4n) is 6.05. The first-order chi connectivity index (χ1) is 20.6. The zero-order valence-electron chi connectivity index (χ0n) is 23.9. The molecule has 9 nitrogen and oxygen atoms in total. The average molecular weight is 601 g/mol. The highest BCUT2D eigenvalue weighted by Crippen LogP contribution is 2.50. The highest BCUT2D eigenvalue weighted by Gasteiger charge is 2.51. The van der Waals surface area contributed by atoms with E-state index in [4.69, 9.17) is 19.4 Å². The first kappa shape index (κ1) is 31.6. The number of anilines is 1. The second-order valence-corrected chi connectivity index (χ2v) is 10.6. The van der Waals surface area contributed by atoms with Gasteiger partial charge in [0.05, 0.1) is 14.2 Å². The summed E-state index contributed by atoms with van der Waals surface area (Å²) in [7, 11) is 3.36. The lowest BCUT2D eigenvalue weighted by Crippen LogP contribution is -2.52. The van der Waals surface area contributed by atoms with Crippen LogP contribution in [0.3, 0.4) is 0 Å². The van der Waals surface area contributed by atoms with Crippen molar-refractivity contribution in [3.05, 3.63) is 84.2 Å². The lowest BCUT2D eigenvalue weighted by atomic mass is 9.65. The molecule has 3 aromatic rings. The number of hydrogen-bond donors (Lipinski definition) is 3. The summed E-state index contributed by atoms with van der Waals surface area (Å²) in [6, 6.07) is 20.8. The number of carbonyl (C=O) groups excluding carboxylic acids is 1. The number of hydrogen-bond acceptors (Lipinski definition) is 6. The number of aliphatic carboxylic acids is 1. The van der Waals surface area contributed by atoms with Gasteiger partial charge in [-0.25, -0.2) is 9.59 Å². The maximum absolute atomic E-state index is 12.8. The molecule has 0 radical (unpaired) electrons. The molecule has 1 saturated carbocycles. The summed E-state index contributed by atoms with van der Waals surface area (Å²) in [6.07, 6.45) is 2.16. The monoisotopic (exact) mass is 600 g/mol. The van der Waals surface area contributed by atoms with Crippen molar-refractivity contribution >= 4 is 17.7 Å². The molecular weight excluding hydrogens is 565 g/mol. The standard InChI is InChI=1S/C29H34N4O3.C2HF3O2/c1-35-25-9-8-22(18-26(25)36-2)29-13-10-24(32-28(34)31-23-11-15-30-16-12-23)19-27(29)33(17-14-29)20-21-6-4-3-5-7-21;3-2(4,5)1(6)7/h3-9,11-12,15-16,18,24,27H,10,13-14,17,19-20H2,1-2H3,(H2,30,31,32,34);(H,6,7)/t24-,27+,29+;/m1./s1. The Morgan fingerprint density at radius 1 is 1.02 bits per heavy atom. The number of benzene rings is 2. The van der Waals surface area contributed by atoms with Gasteiger partial charge in [0.1, 0.15) is 0 Å². The van der Waals surface area contributed by atoms with Gasteiger partial charge in [-0.15, -0.1) is 0 Å². The summed E-state index contributed by atoms with van der Waals surface area (Å²) in [4.78, 5) is 28.3. The van der Waals surface area contributed by atoms with Gasteiger partial charge in [-0.2, -0.15) is 13.2 Å². The number of methoxy groups -OCH3 is 2. The molecule has 1 aliphatic heterocycles. The predicted octanol–water partition coefficient (Wildman–Crippen LogP) is 5.62. The molecule has 3 N–H and O–H groups in total. The van der Waals surface area contributed by atoms with E-state index in [-0.39, 0.29) is 17.5 Å². The summed E-state index contributed by atoms with van der Waals surface area (Å²) < 4.78 is 42.9. The fraction of sp³-hybridized carbons (Fsp3) is 0.387. The zero-order chi connectivity index (χ0) is 31.0. The number of halogens is 3. The molecule has 0 bridgehead atoms. The van der Waals surface area contributed by atoms with Crippen LogP contribution in [0.2, 0.25) is 0 Å². The van der Waals surface area contributed by atoms with Crippen LogP contribution in [-0.2, 0) is 16.8 Å². The molecule has 3 atom stereocenters. The summed E-state index contributed by atoms with van der Waals surface area (Å²) in [5.41, 5.74) is 3.35. The molecular formula is C31H35F3N4O5. The predicted molar refractivity (Wildman–Crippen MR) is 154 cm³/mol. The Balaban J connectivity index is 0.000000541. The number of rotatable bonds is 7. The summed E-state index contributed by atoms with van der Waals surface area (Å²) in [5, 5.41) is 13.3. The molecule has 0 spiro atoms. The summed E-state index contributed by atoms with van der Waals surface area (Å²) in [6.45, 7) is 1.92. The Morgan fingerprint density at radius 2 is 1.70 bits per heavy atom. The minimum atomic E-state index is -5.08. The van der Waals surface area contributed by atoms with E-state index in [2.05, 4.69) is 63.0 Å². The Hall–Kier alpha value is -4.32. The van der Waals surface area contributed by atoms with Crippen LogP contribution in [0.4, 0.5) is 23.7 Å².